The molecule has 0 amide bonds. The fourth-order valence-electron chi connectivity index (χ4n) is 1.68. The fraction of sp³-hybridized carbons (Fsp3) is 0.250. The summed E-state index contributed by atoms with van der Waals surface area (Å²) in [7, 11) is 0. The van der Waals surface area contributed by atoms with E-state index < -0.39 is 23.5 Å². The maximum absolute atomic E-state index is 13.0. The highest BCUT2D eigenvalue weighted by Crippen LogP contribution is 2.33. The van der Waals surface area contributed by atoms with E-state index in [-0.39, 0.29) is 12.3 Å². The molecule has 2 rings (SSSR count). The Kier molecular flexibility index (Phi) is 4.76. The molecule has 1 aromatic heterocycles. The van der Waals surface area contributed by atoms with E-state index in [1.807, 2.05) is 0 Å². The SMILES string of the molecule is CCOC(=O)c1c(C(F)(F)F)nnn1-c1ccc(Cl)cc1Br. The van der Waals surface area contributed by atoms with Gasteiger partial charge in [-0.3, -0.25) is 0 Å². The number of hydrogen-bond donors (Lipinski definition) is 0. The van der Waals surface area contributed by atoms with Gasteiger partial charge in [0.25, 0.3) is 0 Å². The van der Waals surface area contributed by atoms with Gasteiger partial charge < -0.3 is 4.74 Å². The van der Waals surface area contributed by atoms with Crippen LogP contribution in [0, 0.1) is 0 Å². The predicted octanol–water partition coefficient (Wildman–Crippen LogP) is 3.88. The van der Waals surface area contributed by atoms with Crippen molar-refractivity contribution in [1.82, 2.24) is 15.0 Å². The van der Waals surface area contributed by atoms with Crippen LogP contribution in [-0.4, -0.2) is 27.6 Å². The molecule has 1 heterocycles. The number of carbonyl (C=O) groups is 1. The number of esters is 1. The number of halogens is 5. The normalized spacial score (nSPS) is 11.5. The molecule has 0 saturated carbocycles. The summed E-state index contributed by atoms with van der Waals surface area (Å²) in [5.41, 5.74) is -2.03. The second kappa shape index (κ2) is 6.25. The third-order valence-corrected chi connectivity index (χ3v) is 3.42. The molecule has 0 bridgehead atoms. The second-order valence-electron chi connectivity index (χ2n) is 4.01. The van der Waals surface area contributed by atoms with Crippen molar-refractivity contribution in [3.05, 3.63) is 39.1 Å². The van der Waals surface area contributed by atoms with Gasteiger partial charge in [-0.25, -0.2) is 9.48 Å². The van der Waals surface area contributed by atoms with Crippen molar-refractivity contribution in [3.63, 3.8) is 0 Å². The highest BCUT2D eigenvalue weighted by Gasteiger charge is 2.42. The van der Waals surface area contributed by atoms with Gasteiger partial charge in [0.1, 0.15) is 0 Å². The van der Waals surface area contributed by atoms with E-state index in [0.29, 0.717) is 9.50 Å². The standard InChI is InChI=1S/C12H8BrClF3N3O2/c1-2-22-11(21)9-10(12(15,16)17)18-19-20(9)8-4-3-6(14)5-7(8)13/h3-5H,2H2,1H3. The number of nitrogens with zero attached hydrogens (tertiary/aromatic N) is 3. The lowest BCUT2D eigenvalue weighted by molar-refractivity contribution is -0.141. The Bertz CT molecular complexity index is 718. The predicted molar refractivity (Wildman–Crippen MR) is 75.0 cm³/mol. The van der Waals surface area contributed by atoms with Crippen LogP contribution in [0.4, 0.5) is 13.2 Å². The van der Waals surface area contributed by atoms with Crippen LogP contribution in [0.15, 0.2) is 22.7 Å². The van der Waals surface area contributed by atoms with Gasteiger partial charge in [0.15, 0.2) is 5.69 Å². The minimum absolute atomic E-state index is 0.0803. The molecular weight excluding hydrogens is 391 g/mol. The Labute approximate surface area is 136 Å². The summed E-state index contributed by atoms with van der Waals surface area (Å²) >= 11 is 8.95. The number of benzene rings is 1. The zero-order valence-electron chi connectivity index (χ0n) is 11.0. The Morgan fingerprint density at radius 3 is 2.68 bits per heavy atom. The number of hydrogen-bond acceptors (Lipinski definition) is 4. The molecule has 0 saturated heterocycles. The average Bonchev–Trinajstić information content (AvgIpc) is 2.83. The van der Waals surface area contributed by atoms with Gasteiger partial charge >= 0.3 is 12.1 Å². The molecule has 22 heavy (non-hydrogen) atoms. The lowest BCUT2D eigenvalue weighted by atomic mass is 10.2. The van der Waals surface area contributed by atoms with Crippen molar-refractivity contribution in [2.45, 2.75) is 13.1 Å². The minimum atomic E-state index is -4.83. The molecule has 0 spiro atoms. The molecule has 0 aliphatic heterocycles. The van der Waals surface area contributed by atoms with Crippen molar-refractivity contribution in [3.8, 4) is 5.69 Å². The van der Waals surface area contributed by atoms with Gasteiger partial charge in [-0.15, -0.1) is 5.10 Å². The molecule has 1 aromatic carbocycles. The third-order valence-electron chi connectivity index (χ3n) is 2.55. The van der Waals surface area contributed by atoms with E-state index in [1.54, 1.807) is 0 Å². The highest BCUT2D eigenvalue weighted by molar-refractivity contribution is 9.10. The van der Waals surface area contributed by atoms with E-state index in [0.717, 1.165) is 4.68 Å². The highest BCUT2D eigenvalue weighted by atomic mass is 79.9. The molecule has 0 atom stereocenters. The Hall–Kier alpha value is -1.61. The number of ether oxygens (including phenoxy) is 1. The summed E-state index contributed by atoms with van der Waals surface area (Å²) in [5.74, 6) is -1.17. The molecule has 0 radical (unpaired) electrons. The van der Waals surface area contributed by atoms with Crippen LogP contribution in [0.25, 0.3) is 5.69 Å². The summed E-state index contributed by atoms with van der Waals surface area (Å²) in [6.07, 6.45) is -4.83. The molecule has 0 aliphatic rings. The third kappa shape index (κ3) is 3.25. The average molecular weight is 399 g/mol. The van der Waals surface area contributed by atoms with Gasteiger partial charge in [-0.2, -0.15) is 13.2 Å². The van der Waals surface area contributed by atoms with Crippen molar-refractivity contribution >= 4 is 33.5 Å². The number of rotatable bonds is 3. The van der Waals surface area contributed by atoms with Crippen LogP contribution in [0.3, 0.4) is 0 Å². The first-order chi connectivity index (χ1) is 10.3. The van der Waals surface area contributed by atoms with Crippen molar-refractivity contribution in [2.24, 2.45) is 0 Å². The summed E-state index contributed by atoms with van der Waals surface area (Å²) in [5, 5.41) is 6.85. The molecule has 0 fully saturated rings. The summed E-state index contributed by atoms with van der Waals surface area (Å²) in [6.45, 7) is 1.40. The maximum Gasteiger partial charge on any atom is 0.437 e. The fourth-order valence-corrected chi connectivity index (χ4v) is 2.53. The van der Waals surface area contributed by atoms with Gasteiger partial charge in [-0.1, -0.05) is 16.8 Å². The van der Waals surface area contributed by atoms with Crippen LogP contribution in [-0.2, 0) is 10.9 Å². The molecule has 2 aromatic rings. The van der Waals surface area contributed by atoms with E-state index in [1.165, 1.54) is 25.1 Å². The number of carbonyl (C=O) groups excluding carboxylic acids is 1. The molecule has 10 heteroatoms. The first-order valence-corrected chi connectivity index (χ1v) is 7.08. The topological polar surface area (TPSA) is 57.0 Å². The van der Waals surface area contributed by atoms with Gasteiger partial charge in [-0.05, 0) is 41.1 Å². The zero-order valence-corrected chi connectivity index (χ0v) is 13.3. The molecule has 118 valence electrons. The van der Waals surface area contributed by atoms with Crippen molar-refractivity contribution in [1.29, 1.82) is 0 Å². The van der Waals surface area contributed by atoms with Crippen molar-refractivity contribution in [2.75, 3.05) is 6.61 Å². The molecule has 0 aliphatic carbocycles. The summed E-state index contributed by atoms with van der Waals surface area (Å²) in [4.78, 5) is 11.9. The van der Waals surface area contributed by atoms with Crippen LogP contribution in [0.5, 0.6) is 0 Å². The Morgan fingerprint density at radius 2 is 2.14 bits per heavy atom. The molecular formula is C12H8BrClF3N3O2. The minimum Gasteiger partial charge on any atom is -0.461 e. The molecule has 0 unspecified atom stereocenters. The van der Waals surface area contributed by atoms with E-state index >= 15 is 0 Å². The largest absolute Gasteiger partial charge is 0.461 e. The first kappa shape index (κ1) is 16.8. The van der Waals surface area contributed by atoms with Crippen LogP contribution < -0.4 is 0 Å². The van der Waals surface area contributed by atoms with Gasteiger partial charge in [0.2, 0.25) is 5.69 Å². The Morgan fingerprint density at radius 1 is 1.45 bits per heavy atom. The number of alkyl halides is 3. The molecule has 5 nitrogen and oxygen atoms in total. The lowest BCUT2D eigenvalue weighted by Crippen LogP contribution is -2.18. The second-order valence-corrected chi connectivity index (χ2v) is 5.30. The zero-order chi connectivity index (χ0) is 16.5. The van der Waals surface area contributed by atoms with Gasteiger partial charge in [0.05, 0.1) is 12.3 Å². The van der Waals surface area contributed by atoms with Crippen molar-refractivity contribution < 1.29 is 22.7 Å². The van der Waals surface area contributed by atoms with E-state index in [4.69, 9.17) is 11.6 Å². The summed E-state index contributed by atoms with van der Waals surface area (Å²) in [6, 6.07) is 4.32. The van der Waals surface area contributed by atoms with Crippen LogP contribution in [0.2, 0.25) is 5.02 Å². The number of aromatic nitrogens is 3. The van der Waals surface area contributed by atoms with E-state index in [9.17, 15) is 18.0 Å². The van der Waals surface area contributed by atoms with E-state index in [2.05, 4.69) is 31.0 Å². The monoisotopic (exact) mass is 397 g/mol. The quantitative estimate of drug-likeness (QED) is 0.736. The smallest absolute Gasteiger partial charge is 0.437 e. The Balaban J connectivity index is 2.66. The lowest BCUT2D eigenvalue weighted by Gasteiger charge is -2.10. The first-order valence-electron chi connectivity index (χ1n) is 5.91. The maximum atomic E-state index is 13.0. The van der Waals surface area contributed by atoms with Crippen LogP contribution >= 0.6 is 27.5 Å². The van der Waals surface area contributed by atoms with Crippen LogP contribution in [0.1, 0.15) is 23.1 Å². The summed E-state index contributed by atoms with van der Waals surface area (Å²) < 4.78 is 44.7. The molecule has 0 N–H and O–H groups in total. The van der Waals surface area contributed by atoms with Gasteiger partial charge in [0, 0.05) is 9.50 Å².